The van der Waals surface area contributed by atoms with Crippen LogP contribution in [0.5, 0.6) is 0 Å². The first kappa shape index (κ1) is 17.0. The molecule has 0 aromatic carbocycles. The lowest BCUT2D eigenvalue weighted by atomic mass is 10.3. The predicted octanol–water partition coefficient (Wildman–Crippen LogP) is 0.618. The van der Waals surface area contributed by atoms with Crippen molar-refractivity contribution in [3.8, 4) is 0 Å². The Kier molecular flexibility index (Phi) is 5.96. The molecule has 2 rings (SSSR count). The second-order valence-corrected chi connectivity index (χ2v) is 5.99. The first-order valence-corrected chi connectivity index (χ1v) is 8.17. The number of esters is 1. The van der Waals surface area contributed by atoms with Gasteiger partial charge in [0.1, 0.15) is 4.47 Å². The van der Waals surface area contributed by atoms with Gasteiger partial charge in [0.05, 0.1) is 25.0 Å². The summed E-state index contributed by atoms with van der Waals surface area (Å²) in [5.74, 6) is -0.188. The van der Waals surface area contributed by atoms with Crippen LogP contribution in [-0.4, -0.2) is 60.0 Å². The second kappa shape index (κ2) is 7.73. The lowest BCUT2D eigenvalue weighted by Crippen LogP contribution is -2.35. The average molecular weight is 373 g/mol. The molecule has 122 valence electrons. The molecule has 0 bridgehead atoms. The Balaban J connectivity index is 2.03. The van der Waals surface area contributed by atoms with E-state index in [1.165, 1.54) is 4.68 Å². The monoisotopic (exact) mass is 372 g/mol. The van der Waals surface area contributed by atoms with E-state index in [1.807, 2.05) is 6.92 Å². The van der Waals surface area contributed by atoms with Crippen LogP contribution < -0.4 is 10.5 Å². The van der Waals surface area contributed by atoms with Crippen LogP contribution in [0.3, 0.4) is 0 Å². The first-order valence-electron chi connectivity index (χ1n) is 7.37. The fourth-order valence-electron chi connectivity index (χ4n) is 2.48. The van der Waals surface area contributed by atoms with Crippen molar-refractivity contribution in [1.82, 2.24) is 14.7 Å². The summed E-state index contributed by atoms with van der Waals surface area (Å²) < 4.78 is 6.82. The number of aromatic nitrogens is 2. The molecule has 1 aliphatic heterocycles. The molecule has 0 aliphatic carbocycles. The summed E-state index contributed by atoms with van der Waals surface area (Å²) in [6, 6.07) is 0. The zero-order chi connectivity index (χ0) is 16.1. The maximum atomic E-state index is 12.0. The van der Waals surface area contributed by atoms with Gasteiger partial charge in [0.25, 0.3) is 5.56 Å². The van der Waals surface area contributed by atoms with Crippen molar-refractivity contribution >= 4 is 27.6 Å². The van der Waals surface area contributed by atoms with Crippen LogP contribution >= 0.6 is 15.9 Å². The molecule has 22 heavy (non-hydrogen) atoms. The fraction of sp³-hybridized carbons (Fsp3) is 0.643. The largest absolute Gasteiger partial charge is 0.465 e. The van der Waals surface area contributed by atoms with Crippen molar-refractivity contribution < 1.29 is 9.53 Å². The molecule has 0 N–H and O–H groups in total. The van der Waals surface area contributed by atoms with Gasteiger partial charge >= 0.3 is 5.97 Å². The molecule has 1 aromatic rings. The van der Waals surface area contributed by atoms with Gasteiger partial charge in [0, 0.05) is 33.2 Å². The average Bonchev–Trinajstić information content (AvgIpc) is 2.71. The van der Waals surface area contributed by atoms with E-state index >= 15 is 0 Å². The fourth-order valence-corrected chi connectivity index (χ4v) is 3.09. The minimum atomic E-state index is -0.188. The number of rotatable bonds is 4. The number of aryl methyl sites for hydroxylation is 1. The Bertz CT molecular complexity index is 590. The second-order valence-electron chi connectivity index (χ2n) is 5.19. The molecule has 1 aliphatic rings. The number of carbonyl (C=O) groups excluding carboxylic acids is 1. The molecule has 0 spiro atoms. The molecular weight excluding hydrogens is 352 g/mol. The number of ether oxygens (including phenoxy) is 1. The molecule has 0 unspecified atom stereocenters. The van der Waals surface area contributed by atoms with Gasteiger partial charge in [-0.05, 0) is 29.3 Å². The van der Waals surface area contributed by atoms with Crippen LogP contribution in [0, 0.1) is 0 Å². The van der Waals surface area contributed by atoms with Crippen LogP contribution in [0.25, 0.3) is 0 Å². The summed E-state index contributed by atoms with van der Waals surface area (Å²) in [6.07, 6.45) is 2.62. The highest BCUT2D eigenvalue weighted by molar-refractivity contribution is 9.10. The molecule has 1 saturated heterocycles. The number of hydrogen-bond donors (Lipinski definition) is 0. The molecule has 0 amide bonds. The minimum Gasteiger partial charge on any atom is -0.465 e. The van der Waals surface area contributed by atoms with Crippen LogP contribution in [0.1, 0.15) is 13.3 Å². The Morgan fingerprint density at radius 3 is 2.86 bits per heavy atom. The van der Waals surface area contributed by atoms with Gasteiger partial charge < -0.3 is 9.64 Å². The Labute approximate surface area is 138 Å². The van der Waals surface area contributed by atoms with Crippen LogP contribution in [-0.2, 0) is 16.6 Å². The lowest BCUT2D eigenvalue weighted by molar-refractivity contribution is -0.144. The number of carbonyl (C=O) groups is 1. The van der Waals surface area contributed by atoms with E-state index in [0.29, 0.717) is 17.6 Å². The molecule has 8 heteroatoms. The molecule has 2 heterocycles. The van der Waals surface area contributed by atoms with Crippen molar-refractivity contribution in [3.63, 3.8) is 0 Å². The van der Waals surface area contributed by atoms with Crippen molar-refractivity contribution in [1.29, 1.82) is 0 Å². The topological polar surface area (TPSA) is 67.7 Å². The molecule has 0 radical (unpaired) electrons. The molecule has 0 atom stereocenters. The van der Waals surface area contributed by atoms with Gasteiger partial charge in [0.2, 0.25) is 0 Å². The third-order valence-corrected chi connectivity index (χ3v) is 4.39. The lowest BCUT2D eigenvalue weighted by Gasteiger charge is -2.24. The SMILES string of the molecule is CCOC(=O)CN1CCCN(c2cnn(C)c(=O)c2Br)CC1. The highest BCUT2D eigenvalue weighted by Crippen LogP contribution is 2.22. The van der Waals surface area contributed by atoms with Crippen molar-refractivity contribution in [3.05, 3.63) is 21.0 Å². The Morgan fingerprint density at radius 2 is 2.14 bits per heavy atom. The first-order chi connectivity index (χ1) is 10.5. The smallest absolute Gasteiger partial charge is 0.320 e. The summed E-state index contributed by atoms with van der Waals surface area (Å²) in [5.41, 5.74) is 0.659. The predicted molar refractivity (Wildman–Crippen MR) is 87.1 cm³/mol. The Morgan fingerprint density at radius 1 is 1.36 bits per heavy atom. The summed E-state index contributed by atoms with van der Waals surface area (Å²) in [7, 11) is 1.63. The van der Waals surface area contributed by atoms with Crippen molar-refractivity contribution in [2.45, 2.75) is 13.3 Å². The van der Waals surface area contributed by atoms with Gasteiger partial charge in [-0.1, -0.05) is 0 Å². The number of hydrogen-bond acceptors (Lipinski definition) is 6. The standard InChI is InChI=1S/C14H21BrN4O3/c1-3-22-12(20)10-18-5-4-6-19(8-7-18)11-9-16-17(2)14(21)13(11)15/h9H,3-8,10H2,1-2H3. The van der Waals surface area contributed by atoms with Crippen molar-refractivity contribution in [2.24, 2.45) is 7.05 Å². The van der Waals surface area contributed by atoms with E-state index in [2.05, 4.69) is 30.8 Å². The van der Waals surface area contributed by atoms with E-state index < -0.39 is 0 Å². The summed E-state index contributed by atoms with van der Waals surface area (Å²) >= 11 is 3.37. The Hall–Kier alpha value is -1.41. The molecule has 0 saturated carbocycles. The van der Waals surface area contributed by atoms with E-state index in [-0.39, 0.29) is 11.5 Å². The van der Waals surface area contributed by atoms with E-state index in [9.17, 15) is 9.59 Å². The number of nitrogens with zero attached hydrogens (tertiary/aromatic N) is 4. The zero-order valence-corrected chi connectivity index (χ0v) is 14.5. The molecule has 1 fully saturated rings. The maximum absolute atomic E-state index is 12.0. The van der Waals surface area contributed by atoms with Gasteiger partial charge in [-0.2, -0.15) is 5.10 Å². The van der Waals surface area contributed by atoms with Gasteiger partial charge in [0.15, 0.2) is 0 Å². The van der Waals surface area contributed by atoms with Gasteiger partial charge in [-0.25, -0.2) is 4.68 Å². The highest BCUT2D eigenvalue weighted by atomic mass is 79.9. The maximum Gasteiger partial charge on any atom is 0.320 e. The quantitative estimate of drug-likeness (QED) is 0.721. The molecular formula is C14H21BrN4O3. The third-order valence-electron chi connectivity index (χ3n) is 3.65. The minimum absolute atomic E-state index is 0.148. The number of halogens is 1. The summed E-state index contributed by atoms with van der Waals surface area (Å²) in [6.45, 7) is 5.69. The van der Waals surface area contributed by atoms with E-state index in [1.54, 1.807) is 13.2 Å². The van der Waals surface area contributed by atoms with Crippen LogP contribution in [0.4, 0.5) is 5.69 Å². The van der Waals surface area contributed by atoms with Crippen molar-refractivity contribution in [2.75, 3.05) is 44.2 Å². The summed E-state index contributed by atoms with van der Waals surface area (Å²) in [5, 5.41) is 4.08. The van der Waals surface area contributed by atoms with E-state index in [4.69, 9.17) is 4.74 Å². The summed E-state index contributed by atoms with van der Waals surface area (Å²) in [4.78, 5) is 27.7. The van der Waals surface area contributed by atoms with Crippen LogP contribution in [0.2, 0.25) is 0 Å². The van der Waals surface area contributed by atoms with Gasteiger partial charge in [-0.15, -0.1) is 0 Å². The molecule has 1 aromatic heterocycles. The van der Waals surface area contributed by atoms with E-state index in [0.717, 1.165) is 38.3 Å². The number of anilines is 1. The van der Waals surface area contributed by atoms with Gasteiger partial charge in [-0.3, -0.25) is 14.5 Å². The normalized spacial score (nSPS) is 16.4. The van der Waals surface area contributed by atoms with Crippen LogP contribution in [0.15, 0.2) is 15.5 Å². The zero-order valence-electron chi connectivity index (χ0n) is 12.9. The molecule has 7 nitrogen and oxygen atoms in total. The highest BCUT2D eigenvalue weighted by Gasteiger charge is 2.20. The third kappa shape index (κ3) is 4.07.